The first-order valence-electron chi connectivity index (χ1n) is 9.43. The van der Waals surface area contributed by atoms with E-state index >= 15 is 0 Å². The zero-order valence-corrected chi connectivity index (χ0v) is 22.5. The molecule has 13 heteroatoms. The molecule has 0 fully saturated rings. The number of carbonyl (C=O) groups is 4. The van der Waals surface area contributed by atoms with Gasteiger partial charge in [0, 0.05) is 42.7 Å². The molecular formula is C21H15Br2Cl2N5O4. The standard InChI is InChI=1S/C21H15Br2Cl2N5O4/c1-10(31)28(3)20(33)13-7-12(24)8-14(22)18(13)29(11(2)32)21(34)16-9-17(23)27-30(16)19-15(25)5-4-6-26-19/h4-9H,1-3H3. The lowest BCUT2D eigenvalue weighted by Crippen LogP contribution is -2.39. The highest BCUT2D eigenvalue weighted by Gasteiger charge is 2.33. The number of hydrogen-bond donors (Lipinski definition) is 0. The summed E-state index contributed by atoms with van der Waals surface area (Å²) < 4.78 is 1.64. The van der Waals surface area contributed by atoms with Crippen LogP contribution in [0, 0.1) is 0 Å². The molecule has 0 unspecified atom stereocenters. The predicted octanol–water partition coefficient (Wildman–Crippen LogP) is 4.91. The normalized spacial score (nSPS) is 10.7. The zero-order chi connectivity index (χ0) is 25.3. The van der Waals surface area contributed by atoms with Crippen molar-refractivity contribution in [1.82, 2.24) is 19.7 Å². The number of amides is 4. The average molecular weight is 632 g/mol. The second-order valence-corrected chi connectivity index (χ2v) is 9.41. The van der Waals surface area contributed by atoms with Crippen molar-refractivity contribution in [1.29, 1.82) is 0 Å². The fourth-order valence-electron chi connectivity index (χ4n) is 3.00. The van der Waals surface area contributed by atoms with E-state index < -0.39 is 23.6 Å². The molecule has 0 N–H and O–H groups in total. The number of halogens is 4. The van der Waals surface area contributed by atoms with Gasteiger partial charge in [0.15, 0.2) is 5.82 Å². The molecule has 4 amide bonds. The molecule has 0 atom stereocenters. The quantitative estimate of drug-likeness (QED) is 0.405. The molecule has 3 aromatic rings. The summed E-state index contributed by atoms with van der Waals surface area (Å²) in [5.74, 6) is -2.67. The number of benzene rings is 1. The van der Waals surface area contributed by atoms with Gasteiger partial charge in [-0.25, -0.2) is 14.6 Å². The van der Waals surface area contributed by atoms with Gasteiger partial charge in [0.1, 0.15) is 10.3 Å². The van der Waals surface area contributed by atoms with Crippen molar-refractivity contribution >= 4 is 84.4 Å². The van der Waals surface area contributed by atoms with E-state index in [-0.39, 0.29) is 41.9 Å². The Hall–Kier alpha value is -2.60. The zero-order valence-electron chi connectivity index (χ0n) is 17.8. The predicted molar refractivity (Wildman–Crippen MR) is 133 cm³/mol. The van der Waals surface area contributed by atoms with Gasteiger partial charge in [-0.05, 0) is 56.1 Å². The summed E-state index contributed by atoms with van der Waals surface area (Å²) in [5.41, 5.74) is -0.291. The van der Waals surface area contributed by atoms with Crippen molar-refractivity contribution in [3.05, 3.63) is 66.9 Å². The number of nitrogens with zero attached hydrogens (tertiary/aromatic N) is 5. The van der Waals surface area contributed by atoms with E-state index in [1.54, 1.807) is 12.1 Å². The highest BCUT2D eigenvalue weighted by Crippen LogP contribution is 2.36. The van der Waals surface area contributed by atoms with Gasteiger partial charge in [0.05, 0.1) is 16.3 Å². The summed E-state index contributed by atoms with van der Waals surface area (Å²) in [7, 11) is 1.28. The molecule has 0 radical (unpaired) electrons. The highest BCUT2D eigenvalue weighted by molar-refractivity contribution is 9.10. The van der Waals surface area contributed by atoms with Crippen molar-refractivity contribution in [3.63, 3.8) is 0 Å². The molecule has 9 nitrogen and oxygen atoms in total. The van der Waals surface area contributed by atoms with Crippen molar-refractivity contribution in [3.8, 4) is 5.82 Å². The molecule has 0 aliphatic heterocycles. The first kappa shape index (κ1) is 26.0. The Kier molecular flexibility index (Phi) is 7.91. The minimum Gasteiger partial charge on any atom is -0.282 e. The van der Waals surface area contributed by atoms with E-state index in [0.29, 0.717) is 0 Å². The van der Waals surface area contributed by atoms with Gasteiger partial charge in [0.2, 0.25) is 11.8 Å². The molecule has 3 rings (SSSR count). The summed E-state index contributed by atoms with van der Waals surface area (Å²) >= 11 is 18.9. The van der Waals surface area contributed by atoms with Gasteiger partial charge in [-0.2, -0.15) is 5.10 Å². The SMILES string of the molecule is CC(=O)N(C)C(=O)c1cc(Cl)cc(Br)c1N(C(C)=O)C(=O)c1cc(Br)nn1-c1ncccc1Cl. The minimum absolute atomic E-state index is 0.0668. The van der Waals surface area contributed by atoms with Crippen molar-refractivity contribution < 1.29 is 19.2 Å². The molecular weight excluding hydrogens is 617 g/mol. The maximum absolute atomic E-state index is 13.7. The molecule has 34 heavy (non-hydrogen) atoms. The van der Waals surface area contributed by atoms with Crippen LogP contribution < -0.4 is 4.90 Å². The first-order chi connectivity index (χ1) is 15.9. The van der Waals surface area contributed by atoms with Gasteiger partial charge in [-0.3, -0.25) is 24.1 Å². The number of carbonyl (C=O) groups excluding carboxylic acids is 4. The lowest BCUT2D eigenvalue weighted by atomic mass is 10.1. The number of hydrogen-bond acceptors (Lipinski definition) is 6. The molecule has 0 bridgehead atoms. The summed E-state index contributed by atoms with van der Waals surface area (Å²) in [6, 6.07) is 7.27. The Morgan fingerprint density at radius 3 is 2.26 bits per heavy atom. The second kappa shape index (κ2) is 10.3. The summed E-state index contributed by atoms with van der Waals surface area (Å²) in [6.45, 7) is 2.36. The highest BCUT2D eigenvalue weighted by atomic mass is 79.9. The maximum atomic E-state index is 13.7. The molecule has 176 valence electrons. The Morgan fingerprint density at radius 1 is 1.00 bits per heavy atom. The minimum atomic E-state index is -0.824. The fourth-order valence-corrected chi connectivity index (χ4v) is 4.56. The van der Waals surface area contributed by atoms with E-state index in [1.165, 1.54) is 43.0 Å². The number of aromatic nitrogens is 3. The Bertz CT molecular complexity index is 1340. The third-order valence-corrected chi connectivity index (χ3v) is 6.12. The van der Waals surface area contributed by atoms with Gasteiger partial charge in [-0.1, -0.05) is 23.2 Å². The van der Waals surface area contributed by atoms with Crippen molar-refractivity contribution in [2.24, 2.45) is 0 Å². The smallest absolute Gasteiger partial charge is 0.282 e. The van der Waals surface area contributed by atoms with Crippen LogP contribution in [0.3, 0.4) is 0 Å². The van der Waals surface area contributed by atoms with Gasteiger partial charge in [0.25, 0.3) is 11.8 Å². The Morgan fingerprint density at radius 2 is 1.68 bits per heavy atom. The summed E-state index contributed by atoms with van der Waals surface area (Å²) in [5, 5.41) is 4.59. The van der Waals surface area contributed by atoms with Crippen molar-refractivity contribution in [2.45, 2.75) is 13.8 Å². The van der Waals surface area contributed by atoms with Crippen molar-refractivity contribution in [2.75, 3.05) is 11.9 Å². The Balaban J connectivity index is 2.24. The average Bonchev–Trinajstić information content (AvgIpc) is 3.15. The van der Waals surface area contributed by atoms with Crippen LogP contribution in [-0.4, -0.2) is 50.3 Å². The largest absolute Gasteiger partial charge is 0.283 e. The Labute approximate surface area is 220 Å². The molecule has 0 saturated carbocycles. The van der Waals surface area contributed by atoms with E-state index in [9.17, 15) is 19.2 Å². The monoisotopic (exact) mass is 629 g/mol. The molecule has 0 spiro atoms. The van der Waals surface area contributed by atoms with Gasteiger partial charge in [-0.15, -0.1) is 0 Å². The van der Waals surface area contributed by atoms with Crippen LogP contribution in [0.2, 0.25) is 10.0 Å². The number of pyridine rings is 1. The van der Waals surface area contributed by atoms with Crippen LogP contribution in [-0.2, 0) is 9.59 Å². The van der Waals surface area contributed by atoms with Crippen LogP contribution in [0.1, 0.15) is 34.7 Å². The van der Waals surface area contributed by atoms with Crippen LogP contribution in [0.15, 0.2) is 45.6 Å². The number of anilines is 1. The molecule has 0 saturated heterocycles. The lowest BCUT2D eigenvalue weighted by molar-refractivity contribution is -0.125. The topological polar surface area (TPSA) is 105 Å². The van der Waals surface area contributed by atoms with Gasteiger partial charge < -0.3 is 0 Å². The van der Waals surface area contributed by atoms with E-state index in [1.807, 2.05) is 0 Å². The summed E-state index contributed by atoms with van der Waals surface area (Å²) in [4.78, 5) is 57.2. The number of rotatable bonds is 4. The molecule has 0 aliphatic carbocycles. The third kappa shape index (κ3) is 5.07. The van der Waals surface area contributed by atoms with Crippen LogP contribution in [0.4, 0.5) is 5.69 Å². The first-order valence-corrected chi connectivity index (χ1v) is 11.8. The van der Waals surface area contributed by atoms with E-state index in [0.717, 1.165) is 16.7 Å². The van der Waals surface area contributed by atoms with Crippen LogP contribution >= 0.6 is 55.1 Å². The third-order valence-electron chi connectivity index (χ3n) is 4.62. The van der Waals surface area contributed by atoms with E-state index in [4.69, 9.17) is 23.2 Å². The molecule has 2 aromatic heterocycles. The number of imide groups is 2. The van der Waals surface area contributed by atoms with E-state index in [2.05, 4.69) is 41.9 Å². The maximum Gasteiger partial charge on any atom is 0.283 e. The fraction of sp³-hybridized carbons (Fsp3) is 0.143. The molecule has 0 aliphatic rings. The summed E-state index contributed by atoms with van der Waals surface area (Å²) in [6.07, 6.45) is 1.47. The molecule has 2 heterocycles. The lowest BCUT2D eigenvalue weighted by Gasteiger charge is -2.25. The van der Waals surface area contributed by atoms with Crippen LogP contribution in [0.5, 0.6) is 0 Å². The van der Waals surface area contributed by atoms with Gasteiger partial charge >= 0.3 is 0 Å². The van der Waals surface area contributed by atoms with Crippen LogP contribution in [0.25, 0.3) is 5.82 Å². The molecule has 1 aromatic carbocycles. The second-order valence-electron chi connectivity index (χ2n) is 6.90.